The molecule has 0 aliphatic heterocycles. The summed E-state index contributed by atoms with van der Waals surface area (Å²) in [7, 11) is 1.38. The number of benzene rings is 2. The van der Waals surface area contributed by atoms with Crippen molar-refractivity contribution in [1.29, 1.82) is 0 Å². The number of aryl methyl sites for hydroxylation is 1. The largest absolute Gasteiger partial charge is 0.465 e. The van der Waals surface area contributed by atoms with Gasteiger partial charge in [-0.1, -0.05) is 6.07 Å². The second-order valence-corrected chi connectivity index (χ2v) is 6.84. The quantitative estimate of drug-likeness (QED) is 0.360. The standard InChI is InChI=1S/C24H21N3O2/c1-16-13-20(15-26-21-8-11-23-19(14-21)5-4-12-25-23)17(2)27(16)22-9-6-18(7-10-22)24(28)29-3/h4-15H,1-3H3. The van der Waals surface area contributed by atoms with Crippen molar-refractivity contribution in [2.24, 2.45) is 4.99 Å². The minimum Gasteiger partial charge on any atom is -0.465 e. The van der Waals surface area contributed by atoms with E-state index < -0.39 is 0 Å². The SMILES string of the molecule is COC(=O)c1ccc(-n2c(C)cc(C=Nc3ccc4ncccc4c3)c2C)cc1. The fraction of sp³-hybridized carbons (Fsp3) is 0.125. The molecule has 0 saturated carbocycles. The molecule has 2 aromatic carbocycles. The number of methoxy groups -OCH3 is 1. The third-order valence-corrected chi connectivity index (χ3v) is 4.96. The Labute approximate surface area is 169 Å². The van der Waals surface area contributed by atoms with E-state index in [0.29, 0.717) is 5.56 Å². The fourth-order valence-corrected chi connectivity index (χ4v) is 3.47. The van der Waals surface area contributed by atoms with Crippen molar-refractivity contribution in [2.45, 2.75) is 13.8 Å². The molecule has 0 N–H and O–H groups in total. The Bertz CT molecular complexity index is 1220. The Morgan fingerprint density at radius 1 is 1.07 bits per heavy atom. The number of pyridine rings is 1. The lowest BCUT2D eigenvalue weighted by molar-refractivity contribution is 0.0601. The van der Waals surface area contributed by atoms with Crippen molar-refractivity contribution in [3.8, 4) is 5.69 Å². The third-order valence-electron chi connectivity index (χ3n) is 4.96. The van der Waals surface area contributed by atoms with E-state index in [4.69, 9.17) is 4.74 Å². The number of hydrogen-bond donors (Lipinski definition) is 0. The molecule has 0 aliphatic carbocycles. The summed E-state index contributed by atoms with van der Waals surface area (Å²) in [6, 6.07) is 19.4. The Balaban J connectivity index is 1.64. The number of carbonyl (C=O) groups excluding carboxylic acids is 1. The highest BCUT2D eigenvalue weighted by Gasteiger charge is 2.11. The van der Waals surface area contributed by atoms with Crippen LogP contribution in [0.2, 0.25) is 0 Å². The van der Waals surface area contributed by atoms with Gasteiger partial charge in [0.25, 0.3) is 0 Å². The van der Waals surface area contributed by atoms with Crippen molar-refractivity contribution in [3.63, 3.8) is 0 Å². The molecule has 2 aromatic heterocycles. The maximum absolute atomic E-state index is 11.7. The summed E-state index contributed by atoms with van der Waals surface area (Å²) >= 11 is 0. The van der Waals surface area contributed by atoms with Crippen LogP contribution in [-0.2, 0) is 4.74 Å². The molecule has 29 heavy (non-hydrogen) atoms. The number of aromatic nitrogens is 2. The van der Waals surface area contributed by atoms with Gasteiger partial charge in [-0.15, -0.1) is 0 Å². The Morgan fingerprint density at radius 3 is 2.62 bits per heavy atom. The van der Waals surface area contributed by atoms with Crippen LogP contribution in [0.5, 0.6) is 0 Å². The topological polar surface area (TPSA) is 56.5 Å². The predicted molar refractivity (Wildman–Crippen MR) is 116 cm³/mol. The van der Waals surface area contributed by atoms with Crippen LogP contribution in [0.25, 0.3) is 16.6 Å². The summed E-state index contributed by atoms with van der Waals surface area (Å²) in [5.41, 5.74) is 6.59. The van der Waals surface area contributed by atoms with Gasteiger partial charge in [-0.3, -0.25) is 9.98 Å². The van der Waals surface area contributed by atoms with E-state index in [2.05, 4.69) is 34.5 Å². The summed E-state index contributed by atoms with van der Waals surface area (Å²) in [4.78, 5) is 20.6. The Morgan fingerprint density at radius 2 is 1.86 bits per heavy atom. The molecule has 0 aliphatic rings. The molecule has 0 atom stereocenters. The highest BCUT2D eigenvalue weighted by Crippen LogP contribution is 2.23. The zero-order valence-electron chi connectivity index (χ0n) is 16.6. The normalized spacial score (nSPS) is 11.3. The van der Waals surface area contributed by atoms with Gasteiger partial charge in [0.1, 0.15) is 0 Å². The van der Waals surface area contributed by atoms with Gasteiger partial charge in [-0.25, -0.2) is 4.79 Å². The predicted octanol–water partition coefficient (Wildman–Crippen LogP) is 5.18. The molecular weight excluding hydrogens is 362 g/mol. The van der Waals surface area contributed by atoms with Crippen LogP contribution in [0, 0.1) is 13.8 Å². The number of hydrogen-bond acceptors (Lipinski definition) is 4. The summed E-state index contributed by atoms with van der Waals surface area (Å²) in [5, 5.41) is 1.07. The molecule has 144 valence electrons. The van der Waals surface area contributed by atoms with Gasteiger partial charge in [-0.05, 0) is 68.4 Å². The molecule has 5 nitrogen and oxygen atoms in total. The molecule has 0 spiro atoms. The first-order valence-electron chi connectivity index (χ1n) is 9.33. The number of nitrogens with zero attached hydrogens (tertiary/aromatic N) is 3. The van der Waals surface area contributed by atoms with Gasteiger partial charge in [-0.2, -0.15) is 0 Å². The molecular formula is C24H21N3O2. The second kappa shape index (κ2) is 7.72. The summed E-state index contributed by atoms with van der Waals surface area (Å²) in [6.07, 6.45) is 3.68. The average Bonchev–Trinajstić information content (AvgIpc) is 3.04. The van der Waals surface area contributed by atoms with Crippen molar-refractivity contribution < 1.29 is 9.53 Å². The number of rotatable bonds is 4. The summed E-state index contributed by atoms with van der Waals surface area (Å²) in [6.45, 7) is 4.12. The lowest BCUT2D eigenvalue weighted by Crippen LogP contribution is -2.03. The van der Waals surface area contributed by atoms with Gasteiger partial charge in [0.15, 0.2) is 0 Å². The zero-order chi connectivity index (χ0) is 20.4. The number of fused-ring (bicyclic) bond motifs is 1. The van der Waals surface area contributed by atoms with Crippen LogP contribution in [0.1, 0.15) is 27.3 Å². The lowest BCUT2D eigenvalue weighted by atomic mass is 10.2. The average molecular weight is 383 g/mol. The maximum atomic E-state index is 11.7. The maximum Gasteiger partial charge on any atom is 0.337 e. The number of esters is 1. The molecule has 0 saturated heterocycles. The van der Waals surface area contributed by atoms with Crippen LogP contribution in [0.3, 0.4) is 0 Å². The smallest absolute Gasteiger partial charge is 0.337 e. The Kier molecular flexibility index (Phi) is 4.96. The number of aliphatic imine (C=N–C) groups is 1. The van der Waals surface area contributed by atoms with Gasteiger partial charge in [0.05, 0.1) is 23.9 Å². The van der Waals surface area contributed by atoms with E-state index in [9.17, 15) is 4.79 Å². The Hall–Kier alpha value is -3.73. The minimum absolute atomic E-state index is 0.337. The molecule has 0 fully saturated rings. The van der Waals surface area contributed by atoms with Crippen LogP contribution in [0.4, 0.5) is 5.69 Å². The minimum atomic E-state index is -0.337. The first-order chi connectivity index (χ1) is 14.1. The van der Waals surface area contributed by atoms with Crippen molar-refractivity contribution in [3.05, 3.63) is 89.4 Å². The molecule has 0 unspecified atom stereocenters. The summed E-state index contributed by atoms with van der Waals surface area (Å²) < 4.78 is 6.91. The van der Waals surface area contributed by atoms with Gasteiger partial charge in [0, 0.05) is 40.4 Å². The first kappa shape index (κ1) is 18.6. The van der Waals surface area contributed by atoms with Gasteiger partial charge in [0.2, 0.25) is 0 Å². The zero-order valence-corrected chi connectivity index (χ0v) is 16.6. The highest BCUT2D eigenvalue weighted by atomic mass is 16.5. The molecule has 2 heterocycles. The molecule has 0 amide bonds. The van der Waals surface area contributed by atoms with Crippen LogP contribution >= 0.6 is 0 Å². The van der Waals surface area contributed by atoms with E-state index >= 15 is 0 Å². The highest BCUT2D eigenvalue weighted by molar-refractivity contribution is 5.89. The van der Waals surface area contributed by atoms with Crippen LogP contribution < -0.4 is 0 Å². The number of ether oxygens (including phenoxy) is 1. The summed E-state index contributed by atoms with van der Waals surface area (Å²) in [5.74, 6) is -0.337. The van der Waals surface area contributed by atoms with Crippen molar-refractivity contribution in [1.82, 2.24) is 9.55 Å². The van der Waals surface area contributed by atoms with Crippen LogP contribution in [-0.4, -0.2) is 28.8 Å². The van der Waals surface area contributed by atoms with E-state index in [1.165, 1.54) is 7.11 Å². The molecule has 0 radical (unpaired) electrons. The van der Waals surface area contributed by atoms with E-state index in [1.54, 1.807) is 18.3 Å². The number of carbonyl (C=O) groups is 1. The molecule has 0 bridgehead atoms. The fourth-order valence-electron chi connectivity index (χ4n) is 3.47. The second-order valence-electron chi connectivity index (χ2n) is 6.84. The molecule has 4 aromatic rings. The first-order valence-corrected chi connectivity index (χ1v) is 9.33. The van der Waals surface area contributed by atoms with Crippen LogP contribution in [0.15, 0.2) is 71.9 Å². The van der Waals surface area contributed by atoms with Gasteiger partial charge < -0.3 is 9.30 Å². The molecule has 5 heteroatoms. The van der Waals surface area contributed by atoms with Crippen molar-refractivity contribution >= 4 is 28.8 Å². The monoisotopic (exact) mass is 383 g/mol. The van der Waals surface area contributed by atoms with E-state index in [1.807, 2.05) is 48.7 Å². The third kappa shape index (κ3) is 3.67. The van der Waals surface area contributed by atoms with Crippen molar-refractivity contribution in [2.75, 3.05) is 7.11 Å². The lowest BCUT2D eigenvalue weighted by Gasteiger charge is -2.10. The van der Waals surface area contributed by atoms with E-state index in [0.717, 1.165) is 39.2 Å². The molecule has 4 rings (SSSR count). The van der Waals surface area contributed by atoms with E-state index in [-0.39, 0.29) is 5.97 Å². The van der Waals surface area contributed by atoms with Gasteiger partial charge >= 0.3 is 5.97 Å².